The van der Waals surface area contributed by atoms with Crippen molar-refractivity contribution in [3.05, 3.63) is 28.2 Å². The van der Waals surface area contributed by atoms with Crippen molar-refractivity contribution in [1.82, 2.24) is 5.32 Å². The second-order valence-corrected chi connectivity index (χ2v) is 5.93. The highest BCUT2D eigenvalue weighted by atomic mass is 35.5. The molecule has 0 radical (unpaired) electrons. The van der Waals surface area contributed by atoms with Crippen LogP contribution in [0.4, 0.5) is 0 Å². The summed E-state index contributed by atoms with van der Waals surface area (Å²) in [6.07, 6.45) is 0.969. The SMILES string of the molecule is CC(C)(CN)NC(=O)CCCOc1cccc(Cl)c1Cl. The zero-order valence-electron chi connectivity index (χ0n) is 11.7. The Morgan fingerprint density at radius 2 is 2.10 bits per heavy atom. The van der Waals surface area contributed by atoms with Crippen molar-refractivity contribution in [2.45, 2.75) is 32.2 Å². The number of ether oxygens (including phenoxy) is 1. The van der Waals surface area contributed by atoms with E-state index in [2.05, 4.69) is 5.32 Å². The minimum Gasteiger partial charge on any atom is -0.492 e. The normalized spacial score (nSPS) is 11.2. The van der Waals surface area contributed by atoms with Gasteiger partial charge in [-0.1, -0.05) is 29.3 Å². The molecule has 0 atom stereocenters. The largest absolute Gasteiger partial charge is 0.492 e. The van der Waals surface area contributed by atoms with E-state index in [1.54, 1.807) is 18.2 Å². The Hall–Kier alpha value is -0.970. The molecular weight excluding hydrogens is 299 g/mol. The molecule has 0 fully saturated rings. The molecular formula is C14H20Cl2N2O2. The van der Waals surface area contributed by atoms with Crippen LogP contribution < -0.4 is 15.8 Å². The molecule has 0 saturated carbocycles. The van der Waals surface area contributed by atoms with Crippen molar-refractivity contribution < 1.29 is 9.53 Å². The van der Waals surface area contributed by atoms with Crippen LogP contribution in [0.15, 0.2) is 18.2 Å². The van der Waals surface area contributed by atoms with Gasteiger partial charge in [0.25, 0.3) is 0 Å². The molecule has 0 bridgehead atoms. The fourth-order valence-electron chi connectivity index (χ4n) is 1.50. The van der Waals surface area contributed by atoms with E-state index in [4.69, 9.17) is 33.7 Å². The Labute approximate surface area is 129 Å². The summed E-state index contributed by atoms with van der Waals surface area (Å²) in [5, 5.41) is 3.70. The molecule has 1 rings (SSSR count). The molecule has 0 heterocycles. The number of hydrogen-bond donors (Lipinski definition) is 2. The molecule has 0 aromatic heterocycles. The van der Waals surface area contributed by atoms with E-state index in [1.807, 2.05) is 13.8 Å². The van der Waals surface area contributed by atoms with Crippen LogP contribution in [0.3, 0.4) is 0 Å². The first kappa shape index (κ1) is 17.1. The summed E-state index contributed by atoms with van der Waals surface area (Å²) < 4.78 is 5.50. The summed E-state index contributed by atoms with van der Waals surface area (Å²) in [4.78, 5) is 11.7. The average Bonchev–Trinajstić information content (AvgIpc) is 2.39. The summed E-state index contributed by atoms with van der Waals surface area (Å²) >= 11 is 11.9. The predicted octanol–water partition coefficient (Wildman–Crippen LogP) is 3.01. The molecule has 20 heavy (non-hydrogen) atoms. The standard InChI is InChI=1S/C14H20Cl2N2O2/c1-14(2,9-17)18-12(19)7-4-8-20-11-6-3-5-10(15)13(11)16/h3,5-6H,4,7-9,17H2,1-2H3,(H,18,19). The van der Waals surface area contributed by atoms with Crippen LogP contribution in [-0.2, 0) is 4.79 Å². The van der Waals surface area contributed by atoms with Gasteiger partial charge in [-0.15, -0.1) is 0 Å². The predicted molar refractivity (Wildman–Crippen MR) is 82.5 cm³/mol. The number of nitrogens with one attached hydrogen (secondary N) is 1. The van der Waals surface area contributed by atoms with E-state index >= 15 is 0 Å². The van der Waals surface area contributed by atoms with Crippen LogP contribution in [0.1, 0.15) is 26.7 Å². The van der Waals surface area contributed by atoms with E-state index in [0.717, 1.165) is 0 Å². The van der Waals surface area contributed by atoms with E-state index in [9.17, 15) is 4.79 Å². The summed E-state index contributed by atoms with van der Waals surface area (Å²) in [6, 6.07) is 5.20. The number of carbonyl (C=O) groups excluding carboxylic acids is 1. The smallest absolute Gasteiger partial charge is 0.220 e. The molecule has 0 spiro atoms. The van der Waals surface area contributed by atoms with E-state index in [1.165, 1.54) is 0 Å². The number of rotatable bonds is 7. The third-order valence-corrected chi connectivity index (χ3v) is 3.51. The van der Waals surface area contributed by atoms with Crippen molar-refractivity contribution in [3.8, 4) is 5.75 Å². The van der Waals surface area contributed by atoms with E-state index < -0.39 is 0 Å². The van der Waals surface area contributed by atoms with Gasteiger partial charge in [0.1, 0.15) is 10.8 Å². The zero-order valence-corrected chi connectivity index (χ0v) is 13.2. The highest BCUT2D eigenvalue weighted by Crippen LogP contribution is 2.31. The average molecular weight is 319 g/mol. The molecule has 3 N–H and O–H groups in total. The first-order chi connectivity index (χ1) is 9.35. The molecule has 1 aromatic rings. The van der Waals surface area contributed by atoms with Crippen LogP contribution in [0.25, 0.3) is 0 Å². The Kier molecular flexibility index (Phi) is 6.59. The molecule has 112 valence electrons. The van der Waals surface area contributed by atoms with Gasteiger partial charge >= 0.3 is 0 Å². The maximum atomic E-state index is 11.7. The number of benzene rings is 1. The van der Waals surface area contributed by atoms with Crippen molar-refractivity contribution >= 4 is 29.1 Å². The van der Waals surface area contributed by atoms with Gasteiger partial charge in [0.15, 0.2) is 0 Å². The van der Waals surface area contributed by atoms with Crippen LogP contribution in [0, 0.1) is 0 Å². The molecule has 4 nitrogen and oxygen atoms in total. The van der Waals surface area contributed by atoms with E-state index in [0.29, 0.717) is 41.8 Å². The Morgan fingerprint density at radius 3 is 2.75 bits per heavy atom. The number of nitrogens with two attached hydrogens (primary N) is 1. The van der Waals surface area contributed by atoms with E-state index in [-0.39, 0.29) is 11.4 Å². The second-order valence-electron chi connectivity index (χ2n) is 5.14. The van der Waals surface area contributed by atoms with Crippen molar-refractivity contribution in [3.63, 3.8) is 0 Å². The molecule has 0 aliphatic rings. The lowest BCUT2D eigenvalue weighted by Gasteiger charge is -2.24. The van der Waals surface area contributed by atoms with Gasteiger partial charge in [0.05, 0.1) is 11.6 Å². The quantitative estimate of drug-likeness (QED) is 0.759. The molecule has 0 aliphatic heterocycles. The highest BCUT2D eigenvalue weighted by molar-refractivity contribution is 6.42. The number of hydrogen-bond acceptors (Lipinski definition) is 3. The van der Waals surface area contributed by atoms with Gasteiger partial charge in [-0.05, 0) is 32.4 Å². The number of carbonyl (C=O) groups is 1. The van der Waals surface area contributed by atoms with Gasteiger partial charge in [-0.25, -0.2) is 0 Å². The lowest BCUT2D eigenvalue weighted by atomic mass is 10.1. The van der Waals surface area contributed by atoms with Crippen molar-refractivity contribution in [2.24, 2.45) is 5.73 Å². The van der Waals surface area contributed by atoms with Gasteiger partial charge in [-0.2, -0.15) is 0 Å². The molecule has 0 saturated heterocycles. The van der Waals surface area contributed by atoms with Crippen LogP contribution in [0.5, 0.6) is 5.75 Å². The highest BCUT2D eigenvalue weighted by Gasteiger charge is 2.17. The van der Waals surface area contributed by atoms with Crippen molar-refractivity contribution in [2.75, 3.05) is 13.2 Å². The third-order valence-electron chi connectivity index (χ3n) is 2.71. The Balaban J connectivity index is 2.32. The monoisotopic (exact) mass is 318 g/mol. The van der Waals surface area contributed by atoms with Crippen LogP contribution in [-0.4, -0.2) is 24.6 Å². The lowest BCUT2D eigenvalue weighted by Crippen LogP contribution is -2.48. The fraction of sp³-hybridized carbons (Fsp3) is 0.500. The minimum atomic E-state index is -0.381. The van der Waals surface area contributed by atoms with Gasteiger partial charge in [0, 0.05) is 18.5 Å². The summed E-state index contributed by atoms with van der Waals surface area (Å²) in [5.74, 6) is 0.489. The molecule has 6 heteroatoms. The summed E-state index contributed by atoms with van der Waals surface area (Å²) in [6.45, 7) is 4.56. The lowest BCUT2D eigenvalue weighted by molar-refractivity contribution is -0.122. The second kappa shape index (κ2) is 7.72. The van der Waals surface area contributed by atoms with Crippen molar-refractivity contribution in [1.29, 1.82) is 0 Å². The molecule has 0 unspecified atom stereocenters. The molecule has 0 aliphatic carbocycles. The van der Waals surface area contributed by atoms with Crippen LogP contribution >= 0.6 is 23.2 Å². The maximum absolute atomic E-state index is 11.7. The first-order valence-electron chi connectivity index (χ1n) is 6.43. The molecule has 1 amide bonds. The topological polar surface area (TPSA) is 64.3 Å². The van der Waals surface area contributed by atoms with Crippen LogP contribution in [0.2, 0.25) is 10.0 Å². The Morgan fingerprint density at radius 1 is 1.40 bits per heavy atom. The number of halogens is 2. The van der Waals surface area contributed by atoms with Gasteiger partial charge in [0.2, 0.25) is 5.91 Å². The number of amides is 1. The van der Waals surface area contributed by atoms with Gasteiger partial charge in [-0.3, -0.25) is 4.79 Å². The third kappa shape index (κ3) is 5.57. The van der Waals surface area contributed by atoms with Gasteiger partial charge < -0.3 is 15.8 Å². The minimum absolute atomic E-state index is 0.0405. The Bertz CT molecular complexity index is 464. The molecule has 1 aromatic carbocycles. The summed E-state index contributed by atoms with van der Waals surface area (Å²) in [7, 11) is 0. The maximum Gasteiger partial charge on any atom is 0.220 e. The zero-order chi connectivity index (χ0) is 15.2. The fourth-order valence-corrected chi connectivity index (χ4v) is 1.85. The first-order valence-corrected chi connectivity index (χ1v) is 7.19. The summed E-state index contributed by atoms with van der Waals surface area (Å²) in [5.41, 5.74) is 5.17.